The van der Waals surface area contributed by atoms with E-state index in [1.807, 2.05) is 67.1 Å². The molecular formula is C51H51N5O4. The number of carbonyl (C=O) groups is 2. The molecule has 9 heteroatoms. The Bertz CT molecular complexity index is 2630. The zero-order valence-electron chi connectivity index (χ0n) is 34.7. The van der Waals surface area contributed by atoms with Crippen LogP contribution in [0.25, 0.3) is 33.5 Å². The van der Waals surface area contributed by atoms with Crippen molar-refractivity contribution in [1.82, 2.24) is 19.8 Å². The Labute approximate surface area is 351 Å². The predicted octanol–water partition coefficient (Wildman–Crippen LogP) is 11.1. The number of fused-ring (bicyclic) bond motifs is 8. The number of aliphatic imine (C=N–C) groups is 1. The number of nitrogens with one attached hydrogen (secondary N) is 1. The molecular weight excluding hydrogens is 747 g/mol. The summed E-state index contributed by atoms with van der Waals surface area (Å²) in [5.41, 5.74) is 14.1. The molecule has 2 saturated heterocycles. The molecule has 1 N–H and O–H groups in total. The van der Waals surface area contributed by atoms with Crippen molar-refractivity contribution in [2.24, 2.45) is 16.3 Å². The van der Waals surface area contributed by atoms with Crippen LogP contribution in [-0.2, 0) is 27.9 Å². The Morgan fingerprint density at radius 1 is 0.850 bits per heavy atom. The highest BCUT2D eigenvalue weighted by Crippen LogP contribution is 2.64. The minimum absolute atomic E-state index is 0.0159. The molecule has 7 aliphatic rings. The van der Waals surface area contributed by atoms with E-state index in [0.717, 1.165) is 98.4 Å². The number of aromatic amines is 1. The number of hydrogen-bond donors (Lipinski definition) is 1. The predicted molar refractivity (Wildman–Crippen MR) is 231 cm³/mol. The van der Waals surface area contributed by atoms with Crippen molar-refractivity contribution in [2.45, 2.75) is 114 Å². The van der Waals surface area contributed by atoms with E-state index in [-0.39, 0.29) is 47.7 Å². The summed E-state index contributed by atoms with van der Waals surface area (Å²) in [5, 5.41) is 0. The number of nitrogens with zero attached hydrogens (tertiary/aromatic N) is 4. The third-order valence-corrected chi connectivity index (χ3v) is 14.8. The van der Waals surface area contributed by atoms with Gasteiger partial charge in [0.15, 0.2) is 0 Å². The molecule has 1 aromatic heterocycles. The van der Waals surface area contributed by atoms with E-state index in [1.165, 1.54) is 38.9 Å². The Morgan fingerprint density at radius 3 is 2.33 bits per heavy atom. The average molecular weight is 798 g/mol. The second-order valence-corrected chi connectivity index (χ2v) is 19.9. The number of piperidine rings is 1. The van der Waals surface area contributed by atoms with Gasteiger partial charge < -0.3 is 14.5 Å². The Hall–Kier alpha value is -5.70. The molecule has 5 fully saturated rings. The van der Waals surface area contributed by atoms with Crippen LogP contribution >= 0.6 is 0 Å². The average Bonchev–Trinajstić information content (AvgIpc) is 3.69. The van der Waals surface area contributed by atoms with Gasteiger partial charge >= 0.3 is 12.2 Å². The molecule has 5 aromatic rings. The third-order valence-electron chi connectivity index (χ3n) is 14.8. The molecule has 4 atom stereocenters. The standard InChI is InChI=1S/C51H51N5O4/c1-49(2,3)60-48(58)56-36-13-9-34(22-36)45(56)42-25-35-21-31(12-16-41(35)53-42)32-10-14-37-38-15-11-33(24-40(38)51(19-20-51)39(37)23-32)43-27-52-46(54-43)44-26-50(17-18-50)29-55(44)47(57)59-28-30-7-5-4-6-8-30/h4-8,10-12,14-16,21,23-24,27,34,36,44-45H,9,13,17-20,22,25-26,28-29H2,1-3H3,(H,52,54)/t34-,36-,44+,45+/m1/s1. The van der Waals surface area contributed by atoms with E-state index in [1.54, 1.807) is 0 Å². The first kappa shape index (κ1) is 36.2. The normalized spacial score (nSPS) is 24.4. The van der Waals surface area contributed by atoms with Crippen molar-refractivity contribution in [2.75, 3.05) is 6.54 Å². The van der Waals surface area contributed by atoms with E-state index >= 15 is 0 Å². The highest BCUT2D eigenvalue weighted by Gasteiger charge is 2.56. The number of imidazole rings is 1. The topological polar surface area (TPSA) is 100 Å². The molecule has 4 aliphatic carbocycles. The van der Waals surface area contributed by atoms with E-state index in [4.69, 9.17) is 19.5 Å². The smallest absolute Gasteiger partial charge is 0.411 e. The van der Waals surface area contributed by atoms with Gasteiger partial charge in [0.05, 0.1) is 29.7 Å². The fraction of sp³-hybridized carbons (Fsp3) is 0.412. The number of likely N-dealkylation sites (tertiary alicyclic amines) is 2. The summed E-state index contributed by atoms with van der Waals surface area (Å²) in [6, 6.07) is 30.7. The first-order chi connectivity index (χ1) is 29.0. The van der Waals surface area contributed by atoms with Crippen LogP contribution in [0, 0.1) is 11.3 Å². The van der Waals surface area contributed by atoms with Crippen LogP contribution in [0.1, 0.15) is 106 Å². The lowest BCUT2D eigenvalue weighted by atomic mass is 9.89. The second kappa shape index (κ2) is 12.9. The molecule has 3 aliphatic heterocycles. The van der Waals surface area contributed by atoms with Gasteiger partial charge in [0.25, 0.3) is 0 Å². The molecule has 0 radical (unpaired) electrons. The Balaban J connectivity index is 0.774. The van der Waals surface area contributed by atoms with Crippen molar-refractivity contribution in [3.63, 3.8) is 0 Å². The number of rotatable bonds is 6. The lowest BCUT2D eigenvalue weighted by Gasteiger charge is -2.36. The van der Waals surface area contributed by atoms with Crippen LogP contribution in [0.15, 0.2) is 96.1 Å². The van der Waals surface area contributed by atoms with E-state index < -0.39 is 5.60 Å². The van der Waals surface area contributed by atoms with Crippen molar-refractivity contribution in [3.05, 3.63) is 119 Å². The lowest BCUT2D eigenvalue weighted by molar-refractivity contribution is 0.0142. The molecule has 304 valence electrons. The van der Waals surface area contributed by atoms with Crippen LogP contribution in [0.2, 0.25) is 0 Å². The van der Waals surface area contributed by atoms with Crippen LogP contribution in [0.4, 0.5) is 15.3 Å². The summed E-state index contributed by atoms with van der Waals surface area (Å²) in [6.07, 6.45) is 11.0. The molecule has 9 nitrogen and oxygen atoms in total. The number of carbonyl (C=O) groups excluding carboxylic acids is 2. The summed E-state index contributed by atoms with van der Waals surface area (Å²) in [7, 11) is 0. The largest absolute Gasteiger partial charge is 0.445 e. The number of aromatic nitrogens is 2. The van der Waals surface area contributed by atoms with Crippen LogP contribution < -0.4 is 0 Å². The van der Waals surface area contributed by atoms with Crippen molar-refractivity contribution in [1.29, 1.82) is 0 Å². The van der Waals surface area contributed by atoms with Gasteiger partial charge in [-0.3, -0.25) is 14.8 Å². The Kier molecular flexibility index (Phi) is 7.78. The van der Waals surface area contributed by atoms with E-state index in [2.05, 4.69) is 59.6 Å². The van der Waals surface area contributed by atoms with Gasteiger partial charge in [-0.1, -0.05) is 60.7 Å². The van der Waals surface area contributed by atoms with Crippen LogP contribution in [0.5, 0.6) is 0 Å². The van der Waals surface area contributed by atoms with E-state index in [0.29, 0.717) is 5.92 Å². The minimum atomic E-state index is -0.526. The second-order valence-electron chi connectivity index (χ2n) is 19.9. The van der Waals surface area contributed by atoms with Crippen molar-refractivity contribution in [3.8, 4) is 33.5 Å². The summed E-state index contributed by atoms with van der Waals surface area (Å²) >= 11 is 0. The fourth-order valence-corrected chi connectivity index (χ4v) is 11.6. The van der Waals surface area contributed by atoms with Gasteiger partial charge in [-0.05, 0) is 158 Å². The van der Waals surface area contributed by atoms with Crippen LogP contribution in [-0.4, -0.2) is 61.9 Å². The molecule has 60 heavy (non-hydrogen) atoms. The molecule has 4 aromatic carbocycles. The number of amides is 2. The summed E-state index contributed by atoms with van der Waals surface area (Å²) in [5.74, 6) is 1.29. The molecule has 3 saturated carbocycles. The number of benzene rings is 4. The zero-order valence-corrected chi connectivity index (χ0v) is 34.7. The number of hydrogen-bond acceptors (Lipinski definition) is 6. The molecule has 2 bridgehead atoms. The van der Waals surface area contributed by atoms with Crippen molar-refractivity contribution >= 4 is 23.6 Å². The molecule has 12 rings (SSSR count). The van der Waals surface area contributed by atoms with Gasteiger partial charge in [-0.2, -0.15) is 0 Å². The monoisotopic (exact) mass is 797 g/mol. The molecule has 4 heterocycles. The van der Waals surface area contributed by atoms with Gasteiger partial charge in [0, 0.05) is 30.1 Å². The third kappa shape index (κ3) is 5.86. The molecule has 2 spiro atoms. The molecule has 2 amide bonds. The quantitative estimate of drug-likeness (QED) is 0.184. The highest BCUT2D eigenvalue weighted by atomic mass is 16.6. The fourth-order valence-electron chi connectivity index (χ4n) is 11.6. The SMILES string of the molecule is CC(C)(C)OC(=O)N1[C@@H]2CC[C@H](C2)[C@H]1C1=Nc2ccc(-c3ccc4c(c3)C3(CC3)c3cc(-c5cnc([C@@H]6CC7(CC7)CN6C(=O)OCc6ccccc6)[nH]5)ccc3-4)cc2C1. The van der Waals surface area contributed by atoms with Crippen molar-refractivity contribution < 1.29 is 19.1 Å². The summed E-state index contributed by atoms with van der Waals surface area (Å²) < 4.78 is 11.7. The summed E-state index contributed by atoms with van der Waals surface area (Å²) in [4.78, 5) is 44.6. The summed E-state index contributed by atoms with van der Waals surface area (Å²) in [6.45, 7) is 6.81. The maximum atomic E-state index is 13.5. The van der Waals surface area contributed by atoms with Crippen LogP contribution in [0.3, 0.4) is 0 Å². The maximum absolute atomic E-state index is 13.5. The maximum Gasteiger partial charge on any atom is 0.411 e. The first-order valence-electron chi connectivity index (χ1n) is 22.1. The van der Waals surface area contributed by atoms with Gasteiger partial charge in [-0.15, -0.1) is 0 Å². The Morgan fingerprint density at radius 2 is 1.58 bits per heavy atom. The highest BCUT2D eigenvalue weighted by molar-refractivity contribution is 6.00. The van der Waals surface area contributed by atoms with E-state index in [9.17, 15) is 9.59 Å². The molecule has 0 unspecified atom stereocenters. The van der Waals surface area contributed by atoms with Gasteiger partial charge in [-0.25, -0.2) is 14.6 Å². The first-order valence-corrected chi connectivity index (χ1v) is 22.1. The lowest BCUT2D eigenvalue weighted by Crippen LogP contribution is -2.50. The zero-order chi connectivity index (χ0) is 40.5. The van der Waals surface area contributed by atoms with Gasteiger partial charge in [0.2, 0.25) is 0 Å². The van der Waals surface area contributed by atoms with Gasteiger partial charge in [0.1, 0.15) is 18.0 Å². The number of H-pyrrole nitrogens is 1. The minimum Gasteiger partial charge on any atom is -0.445 e. The number of ether oxygens (including phenoxy) is 2.